The van der Waals surface area contributed by atoms with Gasteiger partial charge in [0.05, 0.1) is 17.7 Å². The molecule has 0 radical (unpaired) electrons. The summed E-state index contributed by atoms with van der Waals surface area (Å²) in [5, 5.41) is 10.4. The van der Waals surface area contributed by atoms with Gasteiger partial charge in [0.25, 0.3) is 0 Å². The number of nitrogens with one attached hydrogen (secondary N) is 2. The van der Waals surface area contributed by atoms with Gasteiger partial charge in [0.1, 0.15) is 11.3 Å². The molecule has 26 heavy (non-hydrogen) atoms. The molecular formula is C18H16N4O4. The first-order chi connectivity index (χ1) is 12.6. The molecule has 132 valence electrons. The van der Waals surface area contributed by atoms with Gasteiger partial charge in [0.2, 0.25) is 0 Å². The van der Waals surface area contributed by atoms with E-state index < -0.39 is 5.97 Å². The predicted molar refractivity (Wildman–Crippen MR) is 95.1 cm³/mol. The summed E-state index contributed by atoms with van der Waals surface area (Å²) in [6.07, 6.45) is 6.36. The fraction of sp³-hybridized carbons (Fsp3) is 0.111. The molecule has 4 heterocycles. The van der Waals surface area contributed by atoms with Crippen LogP contribution in [0.1, 0.15) is 27.6 Å². The third-order valence-corrected chi connectivity index (χ3v) is 3.56. The monoisotopic (exact) mass is 352 g/mol. The molecule has 4 rings (SSSR count). The Morgan fingerprint density at radius 3 is 2.08 bits per heavy atom. The van der Waals surface area contributed by atoms with Gasteiger partial charge in [-0.2, -0.15) is 0 Å². The van der Waals surface area contributed by atoms with Crippen molar-refractivity contribution in [1.82, 2.24) is 19.9 Å². The molecule has 0 aliphatic rings. The maximum Gasteiger partial charge on any atom is 0.339 e. The summed E-state index contributed by atoms with van der Waals surface area (Å²) in [5.74, 6) is -1.28. The number of carboxylic acids is 1. The maximum atomic E-state index is 11.3. The Labute approximate surface area is 147 Å². The molecule has 4 aromatic rings. The van der Waals surface area contributed by atoms with E-state index in [1.54, 1.807) is 37.5 Å². The molecule has 8 nitrogen and oxygen atoms in total. The molecular weight excluding hydrogens is 336 g/mol. The number of hydrogen-bond donors (Lipinski definition) is 3. The lowest BCUT2D eigenvalue weighted by atomic mass is 10.2. The van der Waals surface area contributed by atoms with Crippen LogP contribution in [0.5, 0.6) is 0 Å². The number of carboxylic acid groups (broad SMARTS) is 1. The highest BCUT2D eigenvalue weighted by atomic mass is 16.5. The number of esters is 1. The lowest BCUT2D eigenvalue weighted by molar-refractivity contribution is 0.0525. The minimum absolute atomic E-state index is 0.210. The molecule has 0 aliphatic heterocycles. The summed E-state index contributed by atoms with van der Waals surface area (Å²) in [4.78, 5) is 35.7. The fourth-order valence-electron chi connectivity index (χ4n) is 2.32. The number of hydrogen-bond acceptors (Lipinski definition) is 5. The number of fused-ring (bicyclic) bond motifs is 2. The van der Waals surface area contributed by atoms with Crippen molar-refractivity contribution in [3.05, 3.63) is 60.2 Å². The van der Waals surface area contributed by atoms with Crippen LogP contribution >= 0.6 is 0 Å². The first-order valence-electron chi connectivity index (χ1n) is 7.85. The molecule has 0 unspecified atom stereocenters. The van der Waals surface area contributed by atoms with E-state index in [1.807, 2.05) is 6.07 Å². The van der Waals surface area contributed by atoms with E-state index in [9.17, 15) is 9.59 Å². The van der Waals surface area contributed by atoms with E-state index in [2.05, 4.69) is 19.9 Å². The number of pyridine rings is 2. The van der Waals surface area contributed by atoms with Crippen molar-refractivity contribution in [2.24, 2.45) is 0 Å². The predicted octanol–water partition coefficient (Wildman–Crippen LogP) is 3.00. The lowest BCUT2D eigenvalue weighted by Crippen LogP contribution is -2.04. The van der Waals surface area contributed by atoms with Crippen LogP contribution in [-0.2, 0) is 4.74 Å². The summed E-state index contributed by atoms with van der Waals surface area (Å²) >= 11 is 0. The Morgan fingerprint density at radius 2 is 1.54 bits per heavy atom. The first-order valence-corrected chi connectivity index (χ1v) is 7.85. The van der Waals surface area contributed by atoms with Crippen LogP contribution in [0.2, 0.25) is 0 Å². The number of aromatic amines is 2. The Kier molecular flexibility index (Phi) is 4.93. The van der Waals surface area contributed by atoms with Crippen LogP contribution in [0.4, 0.5) is 0 Å². The minimum Gasteiger partial charge on any atom is -0.478 e. The van der Waals surface area contributed by atoms with Gasteiger partial charge < -0.3 is 19.8 Å². The normalized spacial score (nSPS) is 10.3. The van der Waals surface area contributed by atoms with E-state index in [-0.39, 0.29) is 11.5 Å². The highest BCUT2D eigenvalue weighted by Crippen LogP contribution is 2.12. The Bertz CT molecular complexity index is 1070. The molecule has 0 saturated carbocycles. The number of H-pyrrole nitrogens is 2. The molecule has 0 amide bonds. The van der Waals surface area contributed by atoms with E-state index in [1.165, 1.54) is 12.4 Å². The van der Waals surface area contributed by atoms with E-state index >= 15 is 0 Å². The quantitative estimate of drug-likeness (QED) is 0.487. The van der Waals surface area contributed by atoms with Crippen molar-refractivity contribution in [3.8, 4) is 0 Å². The van der Waals surface area contributed by atoms with Gasteiger partial charge in [0.15, 0.2) is 0 Å². The van der Waals surface area contributed by atoms with E-state index in [0.717, 1.165) is 16.4 Å². The van der Waals surface area contributed by atoms with Crippen LogP contribution in [0, 0.1) is 0 Å². The topological polar surface area (TPSA) is 121 Å². The van der Waals surface area contributed by atoms with Gasteiger partial charge in [-0.05, 0) is 31.2 Å². The van der Waals surface area contributed by atoms with Gasteiger partial charge >= 0.3 is 11.9 Å². The smallest absolute Gasteiger partial charge is 0.339 e. The Morgan fingerprint density at radius 1 is 1.00 bits per heavy atom. The molecule has 0 spiro atoms. The number of aromatic nitrogens is 4. The molecule has 4 aromatic heterocycles. The molecule has 0 atom stereocenters. The third-order valence-electron chi connectivity index (χ3n) is 3.56. The minimum atomic E-state index is -0.953. The lowest BCUT2D eigenvalue weighted by Gasteiger charge is -2.00. The zero-order valence-electron chi connectivity index (χ0n) is 13.9. The molecule has 8 heteroatoms. The highest BCUT2D eigenvalue weighted by molar-refractivity contribution is 5.93. The molecule has 0 saturated heterocycles. The number of nitrogens with zero attached hydrogens (tertiary/aromatic N) is 2. The fourth-order valence-corrected chi connectivity index (χ4v) is 2.32. The number of carbonyl (C=O) groups excluding carboxylic acids is 1. The van der Waals surface area contributed by atoms with Crippen LogP contribution in [0.3, 0.4) is 0 Å². The number of ether oxygens (including phenoxy) is 1. The first kappa shape index (κ1) is 17.2. The van der Waals surface area contributed by atoms with Gasteiger partial charge in [-0.15, -0.1) is 0 Å². The van der Waals surface area contributed by atoms with Crippen molar-refractivity contribution in [3.63, 3.8) is 0 Å². The number of carbonyl (C=O) groups is 2. The SMILES string of the molecule is CCOC(=O)c1cnc2[nH]ccc2c1.O=C(O)c1cnc2[nH]ccc2c1. The largest absolute Gasteiger partial charge is 0.478 e. The molecule has 0 bridgehead atoms. The van der Waals surface area contributed by atoms with Crippen molar-refractivity contribution in [1.29, 1.82) is 0 Å². The average molecular weight is 352 g/mol. The van der Waals surface area contributed by atoms with Crippen LogP contribution < -0.4 is 0 Å². The molecule has 0 fully saturated rings. The highest BCUT2D eigenvalue weighted by Gasteiger charge is 2.07. The van der Waals surface area contributed by atoms with Gasteiger partial charge in [0, 0.05) is 35.6 Å². The Hall–Kier alpha value is -3.68. The number of rotatable bonds is 3. The van der Waals surface area contributed by atoms with E-state index in [4.69, 9.17) is 9.84 Å². The summed E-state index contributed by atoms with van der Waals surface area (Å²) in [6, 6.07) is 7.00. The van der Waals surface area contributed by atoms with Gasteiger partial charge in [-0.25, -0.2) is 19.6 Å². The van der Waals surface area contributed by atoms with Gasteiger partial charge in [-0.3, -0.25) is 0 Å². The van der Waals surface area contributed by atoms with Crippen molar-refractivity contribution in [2.75, 3.05) is 6.61 Å². The second-order valence-electron chi connectivity index (χ2n) is 5.30. The zero-order chi connectivity index (χ0) is 18.5. The molecule has 3 N–H and O–H groups in total. The van der Waals surface area contributed by atoms with E-state index in [0.29, 0.717) is 17.8 Å². The summed E-state index contributed by atoms with van der Waals surface area (Å²) in [5.41, 5.74) is 2.18. The van der Waals surface area contributed by atoms with Crippen molar-refractivity contribution >= 4 is 34.0 Å². The van der Waals surface area contributed by atoms with Crippen LogP contribution in [-0.4, -0.2) is 43.6 Å². The van der Waals surface area contributed by atoms with Crippen molar-refractivity contribution in [2.45, 2.75) is 6.92 Å². The molecule has 0 aromatic carbocycles. The second kappa shape index (κ2) is 7.47. The summed E-state index contributed by atoms with van der Waals surface area (Å²) in [6.45, 7) is 2.16. The van der Waals surface area contributed by atoms with Crippen LogP contribution in [0.25, 0.3) is 22.1 Å². The molecule has 0 aliphatic carbocycles. The van der Waals surface area contributed by atoms with Crippen molar-refractivity contribution < 1.29 is 19.4 Å². The number of aromatic carboxylic acids is 1. The Balaban J connectivity index is 0.000000152. The third kappa shape index (κ3) is 3.69. The average Bonchev–Trinajstić information content (AvgIpc) is 3.30. The summed E-state index contributed by atoms with van der Waals surface area (Å²) < 4.78 is 4.86. The summed E-state index contributed by atoms with van der Waals surface area (Å²) in [7, 11) is 0. The second-order valence-corrected chi connectivity index (χ2v) is 5.30. The standard InChI is InChI=1S/C10H10N2O2.C8H6N2O2/c1-2-14-10(13)8-5-7-3-4-11-9(7)12-6-8;11-8(12)6-3-5-1-2-9-7(5)10-4-6/h3-6H,2H2,1H3,(H,11,12);1-4H,(H,9,10)(H,11,12). The van der Waals surface area contributed by atoms with Gasteiger partial charge in [-0.1, -0.05) is 0 Å². The zero-order valence-corrected chi connectivity index (χ0v) is 13.9. The van der Waals surface area contributed by atoms with Crippen LogP contribution in [0.15, 0.2) is 49.1 Å². The maximum absolute atomic E-state index is 11.3.